The zero-order valence-electron chi connectivity index (χ0n) is 22.8. The lowest BCUT2D eigenvalue weighted by atomic mass is 9.44. The first-order valence-electron chi connectivity index (χ1n) is 13.8. The maximum absolute atomic E-state index is 13.4. The lowest BCUT2D eigenvalue weighted by Gasteiger charge is -2.62. The van der Waals surface area contributed by atoms with Crippen molar-refractivity contribution < 1.29 is 45.0 Å². The van der Waals surface area contributed by atoms with Gasteiger partial charge in [0.2, 0.25) is 0 Å². The topological polar surface area (TPSA) is 165 Å². The minimum absolute atomic E-state index is 0.00305. The van der Waals surface area contributed by atoms with Crippen molar-refractivity contribution in [2.24, 2.45) is 28.6 Å². The second-order valence-electron chi connectivity index (χ2n) is 13.8. The SMILES string of the molecule is CC1(C)OC(=O)C=C1C[C@@H](O)[C@](C)(O)[C@H]1CC[C@@]2(O)C3=CC(=O)[C@@H]4C[C@@H](O)[C@@H](O)C[C@]4(C)[C@H]3[C@H](O)C[C@]12C. The zero-order chi connectivity index (χ0) is 28.2. The van der Waals surface area contributed by atoms with E-state index in [-0.39, 0.29) is 37.9 Å². The Morgan fingerprint density at radius 2 is 1.71 bits per heavy atom. The first-order chi connectivity index (χ1) is 17.4. The van der Waals surface area contributed by atoms with Gasteiger partial charge in [0.25, 0.3) is 0 Å². The largest absolute Gasteiger partial charge is 0.452 e. The van der Waals surface area contributed by atoms with E-state index in [1.165, 1.54) is 19.1 Å². The van der Waals surface area contributed by atoms with Gasteiger partial charge in [-0.05, 0) is 81.4 Å². The Hall–Kier alpha value is -1.62. The van der Waals surface area contributed by atoms with Crippen molar-refractivity contribution in [1.82, 2.24) is 0 Å². The molecule has 9 heteroatoms. The molecule has 0 unspecified atom stereocenters. The van der Waals surface area contributed by atoms with Crippen molar-refractivity contribution in [1.29, 1.82) is 0 Å². The Kier molecular flexibility index (Phi) is 6.20. The van der Waals surface area contributed by atoms with Gasteiger partial charge in [-0.3, -0.25) is 4.79 Å². The molecule has 0 spiro atoms. The van der Waals surface area contributed by atoms with E-state index >= 15 is 0 Å². The highest BCUT2D eigenvalue weighted by molar-refractivity contribution is 5.95. The van der Waals surface area contributed by atoms with Crippen LogP contribution in [0.2, 0.25) is 0 Å². The van der Waals surface area contributed by atoms with Crippen LogP contribution >= 0.6 is 0 Å². The molecule has 0 bridgehead atoms. The fourth-order valence-corrected chi connectivity index (χ4v) is 9.04. The number of hydrogen-bond donors (Lipinski definition) is 6. The maximum Gasteiger partial charge on any atom is 0.331 e. The van der Waals surface area contributed by atoms with Crippen LogP contribution in [0.15, 0.2) is 23.3 Å². The van der Waals surface area contributed by atoms with Crippen LogP contribution in [0.25, 0.3) is 0 Å². The van der Waals surface area contributed by atoms with E-state index in [4.69, 9.17) is 4.74 Å². The third kappa shape index (κ3) is 3.65. The molecule has 3 fully saturated rings. The molecule has 4 aliphatic carbocycles. The van der Waals surface area contributed by atoms with Crippen molar-refractivity contribution in [3.8, 4) is 0 Å². The summed E-state index contributed by atoms with van der Waals surface area (Å²) >= 11 is 0. The van der Waals surface area contributed by atoms with Gasteiger partial charge in [-0.25, -0.2) is 4.79 Å². The van der Waals surface area contributed by atoms with Crippen LogP contribution < -0.4 is 0 Å². The quantitative estimate of drug-likeness (QED) is 0.288. The van der Waals surface area contributed by atoms with E-state index in [0.717, 1.165) is 0 Å². The molecule has 0 aromatic carbocycles. The molecule has 0 radical (unpaired) electrons. The van der Waals surface area contributed by atoms with Gasteiger partial charge < -0.3 is 35.4 Å². The van der Waals surface area contributed by atoms with Crippen molar-refractivity contribution in [3.05, 3.63) is 23.3 Å². The number of cyclic esters (lactones) is 1. The Morgan fingerprint density at radius 3 is 2.32 bits per heavy atom. The van der Waals surface area contributed by atoms with E-state index in [9.17, 15) is 40.2 Å². The molecule has 5 rings (SSSR count). The standard InChI is InChI=1S/C29H42O9/c1-25(2)14(9-23(35)38-25)8-22(34)28(5,36)21-6-7-29(37)16-11-17(30)15-10-18(31)19(32)12-26(15,3)24(16)20(33)13-27(21,29)4/h9,11,15,18-22,24,31-34,36-37H,6-8,10,12-13H2,1-5H3/t15-,18+,19-,20+,21-,22+,24+,26-,27+,28+,29+/m0/s1. The third-order valence-corrected chi connectivity index (χ3v) is 11.3. The fourth-order valence-electron chi connectivity index (χ4n) is 9.04. The summed E-state index contributed by atoms with van der Waals surface area (Å²) < 4.78 is 5.30. The molecule has 11 atom stereocenters. The number of ether oxygens (including phenoxy) is 1. The van der Waals surface area contributed by atoms with Crippen molar-refractivity contribution >= 4 is 11.8 Å². The normalized spacial score (nSPS) is 48.2. The molecule has 3 saturated carbocycles. The number of carbonyl (C=O) groups is 2. The number of aliphatic hydroxyl groups is 6. The number of hydrogen-bond acceptors (Lipinski definition) is 9. The molecule has 0 amide bonds. The Morgan fingerprint density at radius 1 is 1.05 bits per heavy atom. The predicted molar refractivity (Wildman–Crippen MR) is 135 cm³/mol. The molecule has 9 nitrogen and oxygen atoms in total. The van der Waals surface area contributed by atoms with E-state index in [0.29, 0.717) is 17.6 Å². The summed E-state index contributed by atoms with van der Waals surface area (Å²) in [7, 11) is 0. The minimum atomic E-state index is -1.69. The average molecular weight is 535 g/mol. The number of esters is 1. The van der Waals surface area contributed by atoms with Crippen LogP contribution in [0, 0.1) is 28.6 Å². The molecule has 1 heterocycles. The molecule has 1 aliphatic heterocycles. The Balaban J connectivity index is 1.49. The third-order valence-electron chi connectivity index (χ3n) is 11.3. The molecule has 5 aliphatic rings. The first kappa shape index (κ1) is 27.9. The highest BCUT2D eigenvalue weighted by atomic mass is 16.6. The second-order valence-corrected chi connectivity index (χ2v) is 13.8. The second kappa shape index (κ2) is 8.44. The molecular formula is C29H42O9. The van der Waals surface area contributed by atoms with E-state index in [2.05, 4.69) is 0 Å². The summed E-state index contributed by atoms with van der Waals surface area (Å²) in [5, 5.41) is 67.8. The smallest absolute Gasteiger partial charge is 0.331 e. The van der Waals surface area contributed by atoms with Gasteiger partial charge in [0.1, 0.15) is 5.60 Å². The van der Waals surface area contributed by atoms with Crippen LogP contribution in [0.5, 0.6) is 0 Å². The number of carbonyl (C=O) groups excluding carboxylic acids is 2. The average Bonchev–Trinajstić information content (AvgIpc) is 3.20. The van der Waals surface area contributed by atoms with Gasteiger partial charge in [0.15, 0.2) is 5.78 Å². The Bertz CT molecular complexity index is 1110. The van der Waals surface area contributed by atoms with Crippen molar-refractivity contribution in [2.75, 3.05) is 0 Å². The molecular weight excluding hydrogens is 492 g/mol. The summed E-state index contributed by atoms with van der Waals surface area (Å²) in [4.78, 5) is 25.2. The van der Waals surface area contributed by atoms with Crippen molar-refractivity contribution in [3.63, 3.8) is 0 Å². The lowest BCUT2D eigenvalue weighted by molar-refractivity contribution is -0.196. The van der Waals surface area contributed by atoms with E-state index < -0.39 is 75.8 Å². The summed E-state index contributed by atoms with van der Waals surface area (Å²) in [6.07, 6.45) is -0.578. The van der Waals surface area contributed by atoms with Crippen LogP contribution in [-0.4, -0.2) is 83.6 Å². The molecule has 0 aromatic heterocycles. The fraction of sp³-hybridized carbons (Fsp3) is 0.793. The summed E-state index contributed by atoms with van der Waals surface area (Å²) in [6, 6.07) is 0. The molecule has 0 aromatic rings. The highest BCUT2D eigenvalue weighted by Crippen LogP contribution is 2.68. The first-order valence-corrected chi connectivity index (χ1v) is 13.8. The van der Waals surface area contributed by atoms with E-state index in [1.807, 2.05) is 6.92 Å². The number of aliphatic hydroxyl groups excluding tert-OH is 4. The number of rotatable bonds is 4. The maximum atomic E-state index is 13.4. The van der Waals surface area contributed by atoms with Crippen LogP contribution in [0.3, 0.4) is 0 Å². The molecule has 38 heavy (non-hydrogen) atoms. The predicted octanol–water partition coefficient (Wildman–Crippen LogP) is 0.926. The van der Waals surface area contributed by atoms with Gasteiger partial charge in [0.05, 0.1) is 35.6 Å². The summed E-state index contributed by atoms with van der Waals surface area (Å²) in [5.41, 5.74) is -5.02. The van der Waals surface area contributed by atoms with Gasteiger partial charge in [0, 0.05) is 29.7 Å². The van der Waals surface area contributed by atoms with Crippen LogP contribution in [0.4, 0.5) is 0 Å². The van der Waals surface area contributed by atoms with Crippen molar-refractivity contribution in [2.45, 2.75) is 114 Å². The number of allylic oxidation sites excluding steroid dienone is 1. The molecule has 6 N–H and O–H groups in total. The Labute approximate surface area is 223 Å². The van der Waals surface area contributed by atoms with Gasteiger partial charge in [-0.1, -0.05) is 13.8 Å². The van der Waals surface area contributed by atoms with E-state index in [1.54, 1.807) is 20.8 Å². The molecule has 212 valence electrons. The van der Waals surface area contributed by atoms with Gasteiger partial charge >= 0.3 is 5.97 Å². The summed E-state index contributed by atoms with van der Waals surface area (Å²) in [6.45, 7) is 8.62. The molecule has 0 saturated heterocycles. The zero-order valence-corrected chi connectivity index (χ0v) is 22.8. The van der Waals surface area contributed by atoms with Crippen LogP contribution in [0.1, 0.15) is 73.1 Å². The summed E-state index contributed by atoms with van der Waals surface area (Å²) in [5.74, 6) is -2.53. The lowest BCUT2D eigenvalue weighted by Crippen LogP contribution is -2.66. The van der Waals surface area contributed by atoms with Gasteiger partial charge in [-0.2, -0.15) is 0 Å². The van der Waals surface area contributed by atoms with Gasteiger partial charge in [-0.15, -0.1) is 0 Å². The monoisotopic (exact) mass is 534 g/mol. The number of fused-ring (bicyclic) bond motifs is 5. The minimum Gasteiger partial charge on any atom is -0.452 e. The highest BCUT2D eigenvalue weighted by Gasteiger charge is 2.71. The van der Waals surface area contributed by atoms with Crippen LogP contribution in [-0.2, 0) is 14.3 Å². The number of ketones is 1.